The van der Waals surface area contributed by atoms with Crippen molar-refractivity contribution in [2.75, 3.05) is 0 Å². The highest BCUT2D eigenvalue weighted by Crippen LogP contribution is 2.34. The van der Waals surface area contributed by atoms with E-state index in [1.807, 2.05) is 6.07 Å². The second kappa shape index (κ2) is 8.10. The lowest BCUT2D eigenvalue weighted by molar-refractivity contribution is -0.0618. The number of hydrogen-bond donors (Lipinski definition) is 2. The number of halogens is 5. The van der Waals surface area contributed by atoms with Gasteiger partial charge in [0.15, 0.2) is 0 Å². The van der Waals surface area contributed by atoms with Crippen LogP contribution in [0.15, 0.2) is 47.3 Å². The summed E-state index contributed by atoms with van der Waals surface area (Å²) in [5.41, 5.74) is -2.60. The number of rotatable bonds is 4. The third kappa shape index (κ3) is 4.35. The van der Waals surface area contributed by atoms with Gasteiger partial charge in [-0.15, -0.1) is 0 Å². The van der Waals surface area contributed by atoms with E-state index in [1.165, 1.54) is 31.2 Å². The van der Waals surface area contributed by atoms with E-state index in [0.29, 0.717) is 17.2 Å². The summed E-state index contributed by atoms with van der Waals surface area (Å²) >= 11 is 0. The molecular weight excluding hydrogens is 419 g/mol. The van der Waals surface area contributed by atoms with Gasteiger partial charge in [-0.3, -0.25) is 10.2 Å². The molecule has 1 aromatic heterocycles. The van der Waals surface area contributed by atoms with Crippen molar-refractivity contribution < 1.29 is 22.0 Å². The van der Waals surface area contributed by atoms with Crippen molar-refractivity contribution in [1.29, 1.82) is 10.7 Å². The van der Waals surface area contributed by atoms with Crippen LogP contribution < -0.4 is 5.56 Å². The van der Waals surface area contributed by atoms with E-state index in [0.717, 1.165) is 12.1 Å². The smallest absolute Gasteiger partial charge is 0.309 e. The first-order valence-electron chi connectivity index (χ1n) is 8.75. The Morgan fingerprint density at radius 2 is 1.81 bits per heavy atom. The summed E-state index contributed by atoms with van der Waals surface area (Å²) in [7, 11) is 0. The van der Waals surface area contributed by atoms with E-state index < -0.39 is 46.4 Å². The second-order valence-electron chi connectivity index (χ2n) is 6.62. The predicted octanol–water partition coefficient (Wildman–Crippen LogP) is 4.61. The number of nitriles is 1. The lowest BCUT2D eigenvalue weighted by Gasteiger charge is -2.21. The maximum absolute atomic E-state index is 14.4. The second-order valence-corrected chi connectivity index (χ2v) is 6.62. The Morgan fingerprint density at radius 3 is 2.35 bits per heavy atom. The number of nitrogens with zero attached hydrogens (tertiary/aromatic N) is 2. The third-order valence-corrected chi connectivity index (χ3v) is 4.60. The monoisotopic (exact) mass is 432 g/mol. The fourth-order valence-corrected chi connectivity index (χ4v) is 3.01. The first-order chi connectivity index (χ1) is 14.5. The summed E-state index contributed by atoms with van der Waals surface area (Å²) in [4.78, 5) is 18.7. The van der Waals surface area contributed by atoms with Gasteiger partial charge in [-0.1, -0.05) is 18.2 Å². The Labute approximate surface area is 172 Å². The average molecular weight is 432 g/mol. The molecule has 2 N–H and O–H groups in total. The van der Waals surface area contributed by atoms with Gasteiger partial charge in [0.2, 0.25) is 0 Å². The van der Waals surface area contributed by atoms with Crippen LogP contribution in [0.5, 0.6) is 0 Å². The van der Waals surface area contributed by atoms with Crippen LogP contribution >= 0.6 is 0 Å². The Morgan fingerprint density at radius 1 is 1.16 bits per heavy atom. The van der Waals surface area contributed by atoms with Crippen LogP contribution in [0.25, 0.3) is 11.3 Å². The van der Waals surface area contributed by atoms with Crippen molar-refractivity contribution in [3.63, 3.8) is 0 Å². The van der Waals surface area contributed by atoms with Gasteiger partial charge < -0.3 is 4.98 Å². The molecule has 0 spiro atoms. The molecule has 0 aliphatic carbocycles. The van der Waals surface area contributed by atoms with Gasteiger partial charge in [-0.05, 0) is 25.1 Å². The molecule has 2 aromatic carbocycles. The zero-order chi connectivity index (χ0) is 22.9. The van der Waals surface area contributed by atoms with Gasteiger partial charge in [0.05, 0.1) is 23.2 Å². The molecule has 3 aromatic rings. The molecule has 10 heteroatoms. The van der Waals surface area contributed by atoms with Crippen molar-refractivity contribution >= 4 is 5.71 Å². The van der Waals surface area contributed by atoms with Gasteiger partial charge >= 0.3 is 6.18 Å². The molecule has 31 heavy (non-hydrogen) atoms. The fourth-order valence-electron chi connectivity index (χ4n) is 3.01. The molecule has 0 aliphatic heterocycles. The molecule has 0 aliphatic rings. The number of alkyl halides is 3. The Balaban J connectivity index is 2.26. The molecule has 1 heterocycles. The maximum atomic E-state index is 14.4. The number of H-pyrrole nitrogens is 1. The standard InChI is InChI=1S/C21H13F5N4O/c1-10-17(12-4-2-11(9-27)3-5-12)29-19(30-20(10)31)16(18(28)21(24,25)26)14-7-6-13(22)8-15(14)23/h2-8,16,28H,1H3,(H,29,30,31). The molecule has 0 bridgehead atoms. The van der Waals surface area contributed by atoms with Crippen molar-refractivity contribution in [2.24, 2.45) is 0 Å². The molecule has 0 fully saturated rings. The lowest BCUT2D eigenvalue weighted by atomic mass is 9.91. The summed E-state index contributed by atoms with van der Waals surface area (Å²) in [5, 5.41) is 16.5. The van der Waals surface area contributed by atoms with Crippen molar-refractivity contribution in [1.82, 2.24) is 9.97 Å². The maximum Gasteiger partial charge on any atom is 0.429 e. The van der Waals surface area contributed by atoms with Crippen LogP contribution in [0.1, 0.15) is 28.4 Å². The summed E-state index contributed by atoms with van der Waals surface area (Å²) in [6, 6.07) is 9.62. The lowest BCUT2D eigenvalue weighted by Crippen LogP contribution is -2.32. The molecule has 1 atom stereocenters. The Kier molecular flexibility index (Phi) is 5.71. The summed E-state index contributed by atoms with van der Waals surface area (Å²) < 4.78 is 67.9. The van der Waals surface area contributed by atoms with E-state index in [-0.39, 0.29) is 11.3 Å². The molecule has 0 amide bonds. The highest BCUT2D eigenvalue weighted by Gasteiger charge is 2.43. The quantitative estimate of drug-likeness (QED) is 0.466. The first-order valence-corrected chi connectivity index (χ1v) is 8.75. The summed E-state index contributed by atoms with van der Waals surface area (Å²) in [6.45, 7) is 1.39. The molecule has 0 saturated carbocycles. The van der Waals surface area contributed by atoms with Crippen LogP contribution in [-0.2, 0) is 0 Å². The predicted molar refractivity (Wildman–Crippen MR) is 102 cm³/mol. The number of aromatic amines is 1. The number of benzene rings is 2. The first kappa shape index (κ1) is 21.8. The molecule has 5 nitrogen and oxygen atoms in total. The molecule has 158 valence electrons. The van der Waals surface area contributed by atoms with E-state index >= 15 is 0 Å². The van der Waals surface area contributed by atoms with Crippen LogP contribution in [-0.4, -0.2) is 21.9 Å². The molecular formula is C21H13F5N4O. The third-order valence-electron chi connectivity index (χ3n) is 4.60. The highest BCUT2D eigenvalue weighted by atomic mass is 19.4. The van der Waals surface area contributed by atoms with Crippen molar-refractivity contribution in [3.8, 4) is 17.3 Å². The largest absolute Gasteiger partial charge is 0.429 e. The molecule has 0 radical (unpaired) electrons. The SMILES string of the molecule is Cc1c(-c2ccc(C#N)cc2)nc(C(C(=N)C(F)(F)F)c2ccc(F)cc2F)[nH]c1=O. The Bertz CT molecular complexity index is 1260. The van der Waals surface area contributed by atoms with Crippen LogP contribution in [0, 0.1) is 35.3 Å². The summed E-state index contributed by atoms with van der Waals surface area (Å²) in [5.74, 6) is -5.09. The average Bonchev–Trinajstić information content (AvgIpc) is 2.71. The number of aromatic nitrogens is 2. The summed E-state index contributed by atoms with van der Waals surface area (Å²) in [6.07, 6.45) is -5.16. The number of nitrogens with one attached hydrogen (secondary N) is 2. The minimum atomic E-state index is -5.16. The van der Waals surface area contributed by atoms with Gasteiger partial charge in [-0.2, -0.15) is 18.4 Å². The highest BCUT2D eigenvalue weighted by molar-refractivity contribution is 5.95. The van der Waals surface area contributed by atoms with E-state index in [1.54, 1.807) is 0 Å². The van der Waals surface area contributed by atoms with Gasteiger partial charge in [0.1, 0.15) is 23.2 Å². The van der Waals surface area contributed by atoms with E-state index in [4.69, 9.17) is 10.7 Å². The fraction of sp³-hybridized carbons (Fsp3) is 0.143. The van der Waals surface area contributed by atoms with Gasteiger partial charge in [0.25, 0.3) is 5.56 Å². The van der Waals surface area contributed by atoms with Crippen molar-refractivity contribution in [3.05, 3.63) is 87.0 Å². The van der Waals surface area contributed by atoms with Gasteiger partial charge in [-0.25, -0.2) is 13.8 Å². The normalized spacial score (nSPS) is 12.3. The van der Waals surface area contributed by atoms with Crippen LogP contribution in [0.3, 0.4) is 0 Å². The van der Waals surface area contributed by atoms with Crippen LogP contribution in [0.2, 0.25) is 0 Å². The molecule has 1 unspecified atom stereocenters. The van der Waals surface area contributed by atoms with Crippen molar-refractivity contribution in [2.45, 2.75) is 19.0 Å². The molecule has 0 saturated heterocycles. The molecule has 3 rings (SSSR count). The van der Waals surface area contributed by atoms with E-state index in [2.05, 4.69) is 9.97 Å². The van der Waals surface area contributed by atoms with E-state index in [9.17, 15) is 26.7 Å². The van der Waals surface area contributed by atoms with Crippen LogP contribution in [0.4, 0.5) is 22.0 Å². The zero-order valence-corrected chi connectivity index (χ0v) is 15.8. The minimum absolute atomic E-state index is 0.00531. The zero-order valence-electron chi connectivity index (χ0n) is 15.8. The van der Waals surface area contributed by atoms with Gasteiger partial charge in [0, 0.05) is 22.8 Å². The minimum Gasteiger partial charge on any atom is -0.309 e. The number of hydrogen-bond acceptors (Lipinski definition) is 4. The Hall–Kier alpha value is -3.87. The topological polar surface area (TPSA) is 93.4 Å².